The highest BCUT2D eigenvalue weighted by atomic mass is 16.3. The summed E-state index contributed by atoms with van der Waals surface area (Å²) in [5.41, 5.74) is 1.98. The molecule has 1 N–H and O–H groups in total. The second-order valence-corrected chi connectivity index (χ2v) is 3.93. The Bertz CT molecular complexity index is 501. The van der Waals surface area contributed by atoms with E-state index in [9.17, 15) is 5.11 Å². The van der Waals surface area contributed by atoms with Crippen LogP contribution in [0.15, 0.2) is 18.5 Å². The van der Waals surface area contributed by atoms with Crippen LogP contribution in [0.25, 0.3) is 5.52 Å². The van der Waals surface area contributed by atoms with Crippen LogP contribution in [0, 0.1) is 6.92 Å². The Morgan fingerprint density at radius 3 is 3.00 bits per heavy atom. The lowest BCUT2D eigenvalue weighted by molar-refractivity contribution is 0.141. The van der Waals surface area contributed by atoms with Crippen molar-refractivity contribution >= 4 is 11.3 Å². The highest BCUT2D eigenvalue weighted by Gasteiger charge is 2.27. The molecule has 1 aliphatic rings. The Morgan fingerprint density at radius 1 is 1.47 bits per heavy atom. The van der Waals surface area contributed by atoms with E-state index in [1.54, 1.807) is 6.20 Å². The van der Waals surface area contributed by atoms with E-state index in [0.717, 1.165) is 17.0 Å². The smallest absolute Gasteiger partial charge is 0.154 e. The zero-order valence-electron chi connectivity index (χ0n) is 8.46. The summed E-state index contributed by atoms with van der Waals surface area (Å²) >= 11 is 0. The molecule has 0 aliphatic carbocycles. The first-order valence-electron chi connectivity index (χ1n) is 4.98. The fourth-order valence-corrected chi connectivity index (χ4v) is 1.90. The van der Waals surface area contributed by atoms with Gasteiger partial charge < -0.3 is 10.0 Å². The molecule has 0 saturated carbocycles. The van der Waals surface area contributed by atoms with Crippen LogP contribution in [-0.2, 0) is 0 Å². The molecule has 1 saturated heterocycles. The number of rotatable bonds is 1. The van der Waals surface area contributed by atoms with Crippen LogP contribution in [0.3, 0.4) is 0 Å². The Labute approximate surface area is 87.0 Å². The van der Waals surface area contributed by atoms with Gasteiger partial charge in [0.1, 0.15) is 5.52 Å². The molecule has 0 atom stereocenters. The minimum atomic E-state index is -0.212. The molecular formula is C10H12N4O. The van der Waals surface area contributed by atoms with Gasteiger partial charge in [0.15, 0.2) is 5.82 Å². The summed E-state index contributed by atoms with van der Waals surface area (Å²) in [7, 11) is 0. The summed E-state index contributed by atoms with van der Waals surface area (Å²) in [5.74, 6) is 0.906. The number of aliphatic hydroxyl groups is 1. The molecule has 1 fully saturated rings. The van der Waals surface area contributed by atoms with Crippen LogP contribution in [-0.4, -0.2) is 38.9 Å². The van der Waals surface area contributed by atoms with Crippen molar-refractivity contribution in [2.24, 2.45) is 0 Å². The lowest BCUT2D eigenvalue weighted by atomic mass is 10.1. The molecule has 3 rings (SSSR count). The zero-order chi connectivity index (χ0) is 10.4. The average molecular weight is 204 g/mol. The van der Waals surface area contributed by atoms with Crippen LogP contribution in [0.5, 0.6) is 0 Å². The van der Waals surface area contributed by atoms with Crippen LogP contribution < -0.4 is 4.90 Å². The predicted octanol–water partition coefficient (Wildman–Crippen LogP) is 0.219. The van der Waals surface area contributed by atoms with Crippen molar-refractivity contribution in [3.05, 3.63) is 24.2 Å². The molecule has 3 heterocycles. The third kappa shape index (κ3) is 1.27. The number of nitrogens with zero attached hydrogens (tertiary/aromatic N) is 4. The van der Waals surface area contributed by atoms with E-state index in [1.165, 1.54) is 0 Å². The first-order valence-corrected chi connectivity index (χ1v) is 4.98. The molecule has 0 aromatic carbocycles. The number of anilines is 1. The first kappa shape index (κ1) is 8.67. The van der Waals surface area contributed by atoms with Crippen molar-refractivity contribution in [2.45, 2.75) is 13.0 Å². The zero-order valence-corrected chi connectivity index (χ0v) is 8.46. The first-order chi connectivity index (χ1) is 7.24. The SMILES string of the molecule is Cc1cc2c(N3CC(O)C3)nccn2n1. The Balaban J connectivity index is 2.09. The second-order valence-electron chi connectivity index (χ2n) is 3.93. The average Bonchev–Trinajstić information content (AvgIpc) is 2.53. The summed E-state index contributed by atoms with van der Waals surface area (Å²) < 4.78 is 1.82. The molecule has 0 radical (unpaired) electrons. The predicted molar refractivity (Wildman–Crippen MR) is 55.9 cm³/mol. The standard InChI is InChI=1S/C10H12N4O/c1-7-4-9-10(13-5-8(15)6-13)11-2-3-14(9)12-7/h2-4,8,15H,5-6H2,1H3. The quantitative estimate of drug-likeness (QED) is 0.722. The van der Waals surface area contributed by atoms with Gasteiger partial charge in [0, 0.05) is 25.5 Å². The molecule has 2 aromatic heterocycles. The number of hydrogen-bond acceptors (Lipinski definition) is 4. The maximum atomic E-state index is 9.27. The third-order valence-corrected chi connectivity index (χ3v) is 2.65. The number of hydrogen-bond donors (Lipinski definition) is 1. The van der Waals surface area contributed by atoms with Crippen molar-refractivity contribution in [1.82, 2.24) is 14.6 Å². The van der Waals surface area contributed by atoms with Gasteiger partial charge in [0.2, 0.25) is 0 Å². The van der Waals surface area contributed by atoms with E-state index in [1.807, 2.05) is 23.7 Å². The lowest BCUT2D eigenvalue weighted by Gasteiger charge is -2.36. The van der Waals surface area contributed by atoms with Gasteiger partial charge >= 0.3 is 0 Å². The van der Waals surface area contributed by atoms with Crippen LogP contribution in [0.4, 0.5) is 5.82 Å². The fraction of sp³-hybridized carbons (Fsp3) is 0.400. The van der Waals surface area contributed by atoms with Crippen LogP contribution in [0.2, 0.25) is 0 Å². The van der Waals surface area contributed by atoms with Gasteiger partial charge in [-0.2, -0.15) is 5.10 Å². The fourth-order valence-electron chi connectivity index (χ4n) is 1.90. The molecular weight excluding hydrogens is 192 g/mol. The summed E-state index contributed by atoms with van der Waals surface area (Å²) in [4.78, 5) is 6.39. The summed E-state index contributed by atoms with van der Waals surface area (Å²) in [6, 6.07) is 2.01. The Hall–Kier alpha value is -1.62. The number of aromatic nitrogens is 3. The molecule has 2 aromatic rings. The van der Waals surface area contributed by atoms with E-state index in [2.05, 4.69) is 15.0 Å². The normalized spacial score (nSPS) is 17.1. The second kappa shape index (κ2) is 2.93. The van der Waals surface area contributed by atoms with Crippen molar-refractivity contribution < 1.29 is 5.11 Å². The molecule has 0 bridgehead atoms. The van der Waals surface area contributed by atoms with E-state index in [-0.39, 0.29) is 6.10 Å². The maximum absolute atomic E-state index is 9.27. The number of aryl methyl sites for hydroxylation is 1. The molecule has 0 amide bonds. The molecule has 5 nitrogen and oxygen atoms in total. The molecule has 1 aliphatic heterocycles. The van der Waals surface area contributed by atoms with Gasteiger partial charge in [-0.25, -0.2) is 9.50 Å². The topological polar surface area (TPSA) is 53.7 Å². The van der Waals surface area contributed by atoms with Crippen molar-refractivity contribution in [3.8, 4) is 0 Å². The Kier molecular flexibility index (Phi) is 1.70. The minimum absolute atomic E-state index is 0.212. The van der Waals surface area contributed by atoms with Gasteiger partial charge in [-0.3, -0.25) is 0 Å². The van der Waals surface area contributed by atoms with E-state index >= 15 is 0 Å². The van der Waals surface area contributed by atoms with Crippen molar-refractivity contribution in [1.29, 1.82) is 0 Å². The maximum Gasteiger partial charge on any atom is 0.154 e. The molecule has 0 unspecified atom stereocenters. The number of aliphatic hydroxyl groups excluding tert-OH is 1. The highest BCUT2D eigenvalue weighted by Crippen LogP contribution is 2.23. The minimum Gasteiger partial charge on any atom is -0.389 e. The van der Waals surface area contributed by atoms with Crippen molar-refractivity contribution in [2.75, 3.05) is 18.0 Å². The highest BCUT2D eigenvalue weighted by molar-refractivity contribution is 5.70. The summed E-state index contributed by atoms with van der Waals surface area (Å²) in [5, 5.41) is 13.6. The van der Waals surface area contributed by atoms with Crippen LogP contribution >= 0.6 is 0 Å². The van der Waals surface area contributed by atoms with Gasteiger partial charge in [0.05, 0.1) is 11.8 Å². The monoisotopic (exact) mass is 204 g/mol. The van der Waals surface area contributed by atoms with Gasteiger partial charge in [-0.05, 0) is 13.0 Å². The molecule has 0 spiro atoms. The van der Waals surface area contributed by atoms with Crippen molar-refractivity contribution in [3.63, 3.8) is 0 Å². The summed E-state index contributed by atoms with van der Waals surface area (Å²) in [6.07, 6.45) is 3.36. The van der Waals surface area contributed by atoms with Crippen LogP contribution in [0.1, 0.15) is 5.69 Å². The van der Waals surface area contributed by atoms with E-state index in [4.69, 9.17) is 0 Å². The number of β-amino-alcohol motifs (C(OH)–C–C–N with tert-alkyl or cyclic N) is 1. The lowest BCUT2D eigenvalue weighted by Crippen LogP contribution is -2.51. The molecule has 5 heteroatoms. The largest absolute Gasteiger partial charge is 0.389 e. The third-order valence-electron chi connectivity index (χ3n) is 2.65. The van der Waals surface area contributed by atoms with E-state index in [0.29, 0.717) is 13.1 Å². The van der Waals surface area contributed by atoms with Gasteiger partial charge in [-0.1, -0.05) is 0 Å². The molecule has 78 valence electrons. The molecule has 15 heavy (non-hydrogen) atoms. The number of fused-ring (bicyclic) bond motifs is 1. The van der Waals surface area contributed by atoms with Gasteiger partial charge in [0.25, 0.3) is 0 Å². The van der Waals surface area contributed by atoms with E-state index < -0.39 is 0 Å². The summed E-state index contributed by atoms with van der Waals surface area (Å²) in [6.45, 7) is 3.29. The van der Waals surface area contributed by atoms with Gasteiger partial charge in [-0.15, -0.1) is 0 Å². The Morgan fingerprint density at radius 2 is 2.27 bits per heavy atom.